The fourth-order valence-corrected chi connectivity index (χ4v) is 2.69. The van der Waals surface area contributed by atoms with Gasteiger partial charge in [-0.05, 0) is 23.0 Å². The smallest absolute Gasteiger partial charge is 0.235 e. The van der Waals surface area contributed by atoms with E-state index in [1.165, 1.54) is 0 Å². The first kappa shape index (κ1) is 17.7. The number of nitrogens with zero attached hydrogens (tertiary/aromatic N) is 3. The first-order valence-electron chi connectivity index (χ1n) is 8.73. The summed E-state index contributed by atoms with van der Waals surface area (Å²) >= 11 is 0. The molecular formula is C19H28N4O2. The van der Waals surface area contributed by atoms with Crippen LogP contribution in [0.2, 0.25) is 0 Å². The molecule has 0 saturated heterocycles. The Morgan fingerprint density at radius 1 is 0.840 bits per heavy atom. The number of hydrogen-bond acceptors (Lipinski definition) is 6. The summed E-state index contributed by atoms with van der Waals surface area (Å²) in [6, 6.07) is 3.79. The van der Waals surface area contributed by atoms with E-state index in [1.807, 2.05) is 0 Å². The number of nitrogen functional groups attached to an aromatic ring is 1. The van der Waals surface area contributed by atoms with Crippen molar-refractivity contribution in [3.63, 3.8) is 0 Å². The van der Waals surface area contributed by atoms with Gasteiger partial charge in [-0.3, -0.25) is 0 Å². The zero-order chi connectivity index (χ0) is 18.4. The van der Waals surface area contributed by atoms with Crippen molar-refractivity contribution >= 4 is 17.5 Å². The van der Waals surface area contributed by atoms with Gasteiger partial charge in [0.25, 0.3) is 0 Å². The first-order valence-corrected chi connectivity index (χ1v) is 8.73. The number of rotatable bonds is 2. The average Bonchev–Trinajstić information content (AvgIpc) is 3.15. The maximum atomic E-state index is 6.07. The average molecular weight is 344 g/mol. The summed E-state index contributed by atoms with van der Waals surface area (Å²) in [5, 5.41) is 0. The number of aliphatic imine (C=N–C) groups is 2. The van der Waals surface area contributed by atoms with Crippen molar-refractivity contribution in [1.29, 1.82) is 0 Å². The van der Waals surface area contributed by atoms with Gasteiger partial charge in [0, 0.05) is 5.69 Å². The molecule has 0 saturated carbocycles. The number of anilines is 1. The van der Waals surface area contributed by atoms with Gasteiger partial charge in [-0.15, -0.1) is 0 Å². The van der Waals surface area contributed by atoms with Crippen molar-refractivity contribution in [1.82, 2.24) is 4.98 Å². The van der Waals surface area contributed by atoms with Crippen LogP contribution in [0.1, 0.15) is 52.9 Å². The lowest BCUT2D eigenvalue weighted by Crippen LogP contribution is -2.25. The molecule has 0 aromatic carbocycles. The van der Waals surface area contributed by atoms with Gasteiger partial charge in [0.2, 0.25) is 11.8 Å². The molecule has 0 bridgehead atoms. The summed E-state index contributed by atoms with van der Waals surface area (Å²) in [5.41, 5.74) is 8.02. The van der Waals surface area contributed by atoms with Crippen LogP contribution in [-0.4, -0.2) is 42.1 Å². The van der Waals surface area contributed by atoms with Crippen LogP contribution in [-0.2, 0) is 9.47 Å². The van der Waals surface area contributed by atoms with Crippen LogP contribution >= 0.6 is 0 Å². The third kappa shape index (κ3) is 3.78. The molecule has 3 rings (SSSR count). The Labute approximate surface area is 149 Å². The lowest BCUT2D eigenvalue weighted by molar-refractivity contribution is 0.235. The number of nitrogens with two attached hydrogens (primary N) is 1. The standard InChI is InChI=1S/C19H28N4O2/c1-18(2,3)14-9-24-16(22-14)12-7-11(20)8-13(21-12)17-23-15(10-25-17)19(4,5)6/h7-8,14-15H,9-10H2,1-6H3,(H2,20,21)/t14-,15-/m1/s1. The molecule has 1 aromatic heterocycles. The molecule has 0 fully saturated rings. The highest BCUT2D eigenvalue weighted by Crippen LogP contribution is 2.29. The van der Waals surface area contributed by atoms with Crippen LogP contribution in [0.25, 0.3) is 0 Å². The molecular weight excluding hydrogens is 316 g/mol. The largest absolute Gasteiger partial charge is 0.474 e. The highest BCUT2D eigenvalue weighted by Gasteiger charge is 2.33. The van der Waals surface area contributed by atoms with Gasteiger partial charge >= 0.3 is 0 Å². The molecule has 2 aliphatic rings. The van der Waals surface area contributed by atoms with Crippen LogP contribution < -0.4 is 5.73 Å². The molecule has 0 unspecified atom stereocenters. The molecule has 6 heteroatoms. The zero-order valence-electron chi connectivity index (χ0n) is 16.0. The Bertz CT molecular complexity index is 668. The van der Waals surface area contributed by atoms with Gasteiger partial charge in [0.1, 0.15) is 24.6 Å². The molecule has 1 aromatic rings. The number of pyridine rings is 1. The van der Waals surface area contributed by atoms with Gasteiger partial charge in [0.15, 0.2) is 0 Å². The van der Waals surface area contributed by atoms with Crippen LogP contribution in [0.5, 0.6) is 0 Å². The van der Waals surface area contributed by atoms with Crippen LogP contribution in [0.15, 0.2) is 22.1 Å². The maximum Gasteiger partial charge on any atom is 0.235 e. The molecule has 25 heavy (non-hydrogen) atoms. The second kappa shape index (κ2) is 6.00. The molecule has 2 N–H and O–H groups in total. The van der Waals surface area contributed by atoms with Gasteiger partial charge in [-0.25, -0.2) is 15.0 Å². The second-order valence-electron chi connectivity index (χ2n) is 8.93. The van der Waals surface area contributed by atoms with Gasteiger partial charge in [0.05, 0.1) is 12.1 Å². The van der Waals surface area contributed by atoms with Crippen molar-refractivity contribution in [2.75, 3.05) is 18.9 Å². The Hall–Kier alpha value is -2.11. The monoisotopic (exact) mass is 344 g/mol. The minimum Gasteiger partial charge on any atom is -0.474 e. The predicted molar refractivity (Wildman–Crippen MR) is 100 cm³/mol. The Kier molecular flexibility index (Phi) is 4.25. The highest BCUT2D eigenvalue weighted by atomic mass is 16.5. The Morgan fingerprint density at radius 2 is 1.24 bits per heavy atom. The lowest BCUT2D eigenvalue weighted by Gasteiger charge is -2.21. The molecule has 136 valence electrons. The fraction of sp³-hybridized carbons (Fsp3) is 0.632. The summed E-state index contributed by atoms with van der Waals surface area (Å²) in [4.78, 5) is 14.0. The summed E-state index contributed by atoms with van der Waals surface area (Å²) in [5.74, 6) is 1.08. The van der Waals surface area contributed by atoms with Crippen molar-refractivity contribution in [2.45, 2.75) is 53.6 Å². The van der Waals surface area contributed by atoms with Crippen molar-refractivity contribution in [3.8, 4) is 0 Å². The second-order valence-corrected chi connectivity index (χ2v) is 8.93. The quantitative estimate of drug-likeness (QED) is 0.894. The molecule has 3 heterocycles. The van der Waals surface area contributed by atoms with Crippen LogP contribution in [0.4, 0.5) is 5.69 Å². The van der Waals surface area contributed by atoms with Crippen molar-refractivity contribution < 1.29 is 9.47 Å². The number of ether oxygens (including phenoxy) is 2. The van der Waals surface area contributed by atoms with Gasteiger partial charge < -0.3 is 15.2 Å². The van der Waals surface area contributed by atoms with E-state index in [0.29, 0.717) is 42.1 Å². The van der Waals surface area contributed by atoms with E-state index in [1.54, 1.807) is 12.1 Å². The highest BCUT2D eigenvalue weighted by molar-refractivity contribution is 5.98. The number of aromatic nitrogens is 1. The van der Waals surface area contributed by atoms with E-state index in [9.17, 15) is 0 Å². The first-order chi connectivity index (χ1) is 11.5. The zero-order valence-corrected chi connectivity index (χ0v) is 16.0. The van der Waals surface area contributed by atoms with E-state index in [2.05, 4.69) is 56.5 Å². The van der Waals surface area contributed by atoms with E-state index in [-0.39, 0.29) is 22.9 Å². The third-order valence-corrected chi connectivity index (χ3v) is 4.59. The van der Waals surface area contributed by atoms with E-state index >= 15 is 0 Å². The van der Waals surface area contributed by atoms with Crippen molar-refractivity contribution in [2.24, 2.45) is 20.8 Å². The summed E-state index contributed by atoms with van der Waals surface area (Å²) in [7, 11) is 0. The molecule has 6 nitrogen and oxygen atoms in total. The van der Waals surface area contributed by atoms with Crippen molar-refractivity contribution in [3.05, 3.63) is 23.5 Å². The van der Waals surface area contributed by atoms with Gasteiger partial charge in [-0.1, -0.05) is 41.5 Å². The van der Waals surface area contributed by atoms with E-state index in [0.717, 1.165) is 0 Å². The number of hydrogen-bond donors (Lipinski definition) is 1. The minimum atomic E-state index is 0.0451. The van der Waals surface area contributed by atoms with E-state index in [4.69, 9.17) is 15.2 Å². The van der Waals surface area contributed by atoms with Gasteiger partial charge in [-0.2, -0.15) is 0 Å². The summed E-state index contributed by atoms with van der Waals surface area (Å²) in [6.45, 7) is 14.0. The molecule has 0 aliphatic carbocycles. The molecule has 2 aliphatic heterocycles. The Balaban J connectivity index is 1.90. The molecule has 2 atom stereocenters. The normalized spacial score (nSPS) is 23.8. The summed E-state index contributed by atoms with van der Waals surface area (Å²) in [6.07, 6.45) is 0. The van der Waals surface area contributed by atoms with Crippen LogP contribution in [0.3, 0.4) is 0 Å². The maximum absolute atomic E-state index is 6.07. The van der Waals surface area contributed by atoms with E-state index < -0.39 is 0 Å². The topological polar surface area (TPSA) is 82.1 Å². The predicted octanol–water partition coefficient (Wildman–Crippen LogP) is 3.05. The lowest BCUT2D eigenvalue weighted by atomic mass is 9.88. The molecule has 0 radical (unpaired) electrons. The molecule has 0 amide bonds. The van der Waals surface area contributed by atoms with Crippen LogP contribution in [0, 0.1) is 10.8 Å². The molecule has 0 spiro atoms. The Morgan fingerprint density at radius 3 is 1.56 bits per heavy atom. The SMILES string of the molecule is CC(C)(C)[C@H]1COC(c2cc(N)cc(C3=N[C@@H](C(C)(C)C)CO3)n2)=N1. The fourth-order valence-electron chi connectivity index (χ4n) is 2.69. The minimum absolute atomic E-state index is 0.0451. The third-order valence-electron chi connectivity index (χ3n) is 4.59. The summed E-state index contributed by atoms with van der Waals surface area (Å²) < 4.78 is 11.6.